The fourth-order valence-electron chi connectivity index (χ4n) is 1.33. The van der Waals surface area contributed by atoms with Crippen LogP contribution in [0.5, 0.6) is 0 Å². The highest BCUT2D eigenvalue weighted by atomic mass is 79.9. The molecular formula is C12H12BrClO3. The molecule has 0 saturated carbocycles. The second kappa shape index (κ2) is 6.17. The average molecular weight is 320 g/mol. The SMILES string of the molecule is COC(=O)Cc1ccc(C(Cl)C(C)=O)cc1Br. The number of hydrogen-bond acceptors (Lipinski definition) is 3. The van der Waals surface area contributed by atoms with Gasteiger partial charge in [-0.15, -0.1) is 11.6 Å². The molecule has 1 aromatic carbocycles. The first-order valence-corrected chi connectivity index (χ1v) is 6.18. The lowest BCUT2D eigenvalue weighted by Crippen LogP contribution is -2.06. The topological polar surface area (TPSA) is 43.4 Å². The van der Waals surface area contributed by atoms with E-state index in [2.05, 4.69) is 20.7 Å². The number of carbonyl (C=O) groups is 2. The minimum atomic E-state index is -0.654. The van der Waals surface area contributed by atoms with Crippen LogP contribution in [0.4, 0.5) is 0 Å². The molecule has 0 radical (unpaired) electrons. The van der Waals surface area contributed by atoms with E-state index in [9.17, 15) is 9.59 Å². The quantitative estimate of drug-likeness (QED) is 0.633. The molecule has 0 N–H and O–H groups in total. The molecule has 0 aliphatic rings. The van der Waals surface area contributed by atoms with E-state index < -0.39 is 5.38 Å². The summed E-state index contributed by atoms with van der Waals surface area (Å²) in [6, 6.07) is 5.24. The van der Waals surface area contributed by atoms with Gasteiger partial charge in [-0.3, -0.25) is 9.59 Å². The van der Waals surface area contributed by atoms with Crippen molar-refractivity contribution in [1.29, 1.82) is 0 Å². The highest BCUT2D eigenvalue weighted by Crippen LogP contribution is 2.27. The van der Waals surface area contributed by atoms with Gasteiger partial charge in [-0.05, 0) is 24.1 Å². The van der Waals surface area contributed by atoms with Crippen LogP contribution in [0.25, 0.3) is 0 Å². The summed E-state index contributed by atoms with van der Waals surface area (Å²) in [5.74, 6) is -0.424. The minimum absolute atomic E-state index is 0.112. The molecule has 0 aromatic heterocycles. The Kier molecular flexibility index (Phi) is 5.15. The molecule has 0 spiro atoms. The first kappa shape index (κ1) is 14.2. The van der Waals surface area contributed by atoms with E-state index in [0.717, 1.165) is 10.0 Å². The lowest BCUT2D eigenvalue weighted by Gasteiger charge is -2.09. The number of Topliss-reactive ketones (excluding diaryl/α,β-unsaturated/α-hetero) is 1. The average Bonchev–Trinajstić information content (AvgIpc) is 2.30. The van der Waals surface area contributed by atoms with Gasteiger partial charge in [-0.1, -0.05) is 28.1 Å². The summed E-state index contributed by atoms with van der Waals surface area (Å²) in [6.45, 7) is 1.44. The van der Waals surface area contributed by atoms with Crippen molar-refractivity contribution in [2.75, 3.05) is 7.11 Å². The molecule has 0 amide bonds. The number of carbonyl (C=O) groups excluding carboxylic acids is 2. The van der Waals surface area contributed by atoms with Crippen molar-refractivity contribution in [2.45, 2.75) is 18.7 Å². The monoisotopic (exact) mass is 318 g/mol. The number of rotatable bonds is 4. The summed E-state index contributed by atoms with van der Waals surface area (Å²) in [7, 11) is 1.34. The van der Waals surface area contributed by atoms with Crippen LogP contribution in [0.1, 0.15) is 23.4 Å². The lowest BCUT2D eigenvalue weighted by molar-refractivity contribution is -0.139. The van der Waals surface area contributed by atoms with Crippen molar-refractivity contribution < 1.29 is 14.3 Å². The van der Waals surface area contributed by atoms with Gasteiger partial charge in [0, 0.05) is 4.47 Å². The van der Waals surface area contributed by atoms with Gasteiger partial charge < -0.3 is 4.74 Å². The van der Waals surface area contributed by atoms with Crippen LogP contribution in [-0.2, 0) is 20.7 Å². The predicted molar refractivity (Wildman–Crippen MR) is 69.1 cm³/mol. The summed E-state index contributed by atoms with van der Waals surface area (Å²) in [4.78, 5) is 22.3. The summed E-state index contributed by atoms with van der Waals surface area (Å²) in [5.41, 5.74) is 1.51. The molecule has 1 aromatic rings. The number of methoxy groups -OCH3 is 1. The first-order valence-electron chi connectivity index (χ1n) is 4.95. The Morgan fingerprint density at radius 3 is 2.59 bits per heavy atom. The zero-order valence-corrected chi connectivity index (χ0v) is 11.8. The molecule has 3 nitrogen and oxygen atoms in total. The highest BCUT2D eigenvalue weighted by molar-refractivity contribution is 9.10. The van der Waals surface area contributed by atoms with E-state index in [1.807, 2.05) is 0 Å². The molecule has 0 heterocycles. The van der Waals surface area contributed by atoms with Crippen molar-refractivity contribution in [3.63, 3.8) is 0 Å². The second-order valence-electron chi connectivity index (χ2n) is 3.58. The van der Waals surface area contributed by atoms with E-state index in [4.69, 9.17) is 11.6 Å². The van der Waals surface area contributed by atoms with Crippen LogP contribution in [0.2, 0.25) is 0 Å². The normalized spacial score (nSPS) is 12.0. The molecule has 0 bridgehead atoms. The zero-order valence-electron chi connectivity index (χ0n) is 9.50. The van der Waals surface area contributed by atoms with Gasteiger partial charge in [-0.2, -0.15) is 0 Å². The highest BCUT2D eigenvalue weighted by Gasteiger charge is 2.15. The minimum Gasteiger partial charge on any atom is -0.469 e. The van der Waals surface area contributed by atoms with Crippen LogP contribution in [0, 0.1) is 0 Å². The molecule has 0 saturated heterocycles. The van der Waals surface area contributed by atoms with E-state index in [1.54, 1.807) is 18.2 Å². The first-order chi connectivity index (χ1) is 7.95. The van der Waals surface area contributed by atoms with Crippen LogP contribution in [0.15, 0.2) is 22.7 Å². The third kappa shape index (κ3) is 3.82. The van der Waals surface area contributed by atoms with Gasteiger partial charge in [-0.25, -0.2) is 0 Å². The van der Waals surface area contributed by atoms with E-state index in [-0.39, 0.29) is 18.2 Å². The number of halogens is 2. The molecule has 5 heteroatoms. The maximum Gasteiger partial charge on any atom is 0.310 e. The maximum absolute atomic E-state index is 11.1. The van der Waals surface area contributed by atoms with E-state index >= 15 is 0 Å². The number of ether oxygens (including phenoxy) is 1. The van der Waals surface area contributed by atoms with Gasteiger partial charge in [0.25, 0.3) is 0 Å². The molecule has 0 fully saturated rings. The molecule has 0 aliphatic carbocycles. The van der Waals surface area contributed by atoms with Crippen molar-refractivity contribution in [3.05, 3.63) is 33.8 Å². The number of hydrogen-bond donors (Lipinski definition) is 0. The Balaban J connectivity index is 2.93. The maximum atomic E-state index is 11.1. The van der Waals surface area contributed by atoms with Gasteiger partial charge in [0.1, 0.15) is 5.38 Å². The van der Waals surface area contributed by atoms with Crippen molar-refractivity contribution in [3.8, 4) is 0 Å². The van der Waals surface area contributed by atoms with Crippen molar-refractivity contribution in [1.82, 2.24) is 0 Å². The molecule has 92 valence electrons. The van der Waals surface area contributed by atoms with Crippen LogP contribution < -0.4 is 0 Å². The fraction of sp³-hybridized carbons (Fsp3) is 0.333. The number of ketones is 1. The third-order valence-electron chi connectivity index (χ3n) is 2.29. The molecule has 1 atom stereocenters. The molecular weight excluding hydrogens is 307 g/mol. The molecule has 0 aliphatic heterocycles. The molecule has 1 rings (SSSR count). The smallest absolute Gasteiger partial charge is 0.310 e. The Hall–Kier alpha value is -0.870. The standard InChI is InChI=1S/C12H12BrClO3/c1-7(15)12(14)9-4-3-8(10(13)5-9)6-11(16)17-2/h3-5,12H,6H2,1-2H3. The third-order valence-corrected chi connectivity index (χ3v) is 3.59. The van der Waals surface area contributed by atoms with Gasteiger partial charge in [0.05, 0.1) is 13.5 Å². The van der Waals surface area contributed by atoms with Crippen molar-refractivity contribution >= 4 is 39.3 Å². The number of esters is 1. The molecule has 17 heavy (non-hydrogen) atoms. The number of benzene rings is 1. The van der Waals surface area contributed by atoms with E-state index in [0.29, 0.717) is 5.56 Å². The Labute approximate surface area is 113 Å². The lowest BCUT2D eigenvalue weighted by atomic mass is 10.1. The summed E-state index contributed by atoms with van der Waals surface area (Å²) in [6.07, 6.45) is 0.185. The van der Waals surface area contributed by atoms with Gasteiger partial charge >= 0.3 is 5.97 Å². The van der Waals surface area contributed by atoms with Crippen LogP contribution in [0.3, 0.4) is 0 Å². The largest absolute Gasteiger partial charge is 0.469 e. The molecule has 1 unspecified atom stereocenters. The Morgan fingerprint density at radius 2 is 2.12 bits per heavy atom. The van der Waals surface area contributed by atoms with Gasteiger partial charge in [0.15, 0.2) is 5.78 Å². The number of alkyl halides is 1. The predicted octanol–water partition coefficient (Wildman–Crippen LogP) is 3.03. The second-order valence-corrected chi connectivity index (χ2v) is 4.87. The Bertz CT molecular complexity index is 445. The fourth-order valence-corrected chi connectivity index (χ4v) is 2.00. The van der Waals surface area contributed by atoms with Crippen LogP contribution in [-0.4, -0.2) is 18.9 Å². The Morgan fingerprint density at radius 1 is 1.47 bits per heavy atom. The zero-order chi connectivity index (χ0) is 13.0. The summed E-state index contributed by atoms with van der Waals surface area (Å²) >= 11 is 9.28. The van der Waals surface area contributed by atoms with Crippen LogP contribution >= 0.6 is 27.5 Å². The van der Waals surface area contributed by atoms with E-state index in [1.165, 1.54) is 14.0 Å². The summed E-state index contributed by atoms with van der Waals surface area (Å²) < 4.78 is 5.33. The van der Waals surface area contributed by atoms with Gasteiger partial charge in [0.2, 0.25) is 0 Å². The summed E-state index contributed by atoms with van der Waals surface area (Å²) in [5, 5.41) is -0.654. The van der Waals surface area contributed by atoms with Crippen molar-refractivity contribution in [2.24, 2.45) is 0 Å².